The normalized spacial score (nSPS) is 16.6. The second kappa shape index (κ2) is 8.09. The van der Waals surface area contributed by atoms with E-state index < -0.39 is 5.97 Å². The highest BCUT2D eigenvalue weighted by molar-refractivity contribution is 5.74. The molecule has 2 amide bonds. The van der Waals surface area contributed by atoms with E-state index in [0.717, 1.165) is 38.9 Å². The third kappa shape index (κ3) is 5.36. The highest BCUT2D eigenvalue weighted by Crippen LogP contribution is 2.43. The summed E-state index contributed by atoms with van der Waals surface area (Å²) >= 11 is 0. The van der Waals surface area contributed by atoms with E-state index in [1.807, 2.05) is 0 Å². The molecule has 0 spiro atoms. The summed E-state index contributed by atoms with van der Waals surface area (Å²) in [7, 11) is 0. The van der Waals surface area contributed by atoms with Crippen LogP contribution in [0.5, 0.6) is 0 Å². The number of carbonyl (C=O) groups excluding carboxylic acids is 1. The summed E-state index contributed by atoms with van der Waals surface area (Å²) in [6.45, 7) is 8.03. The number of carboxylic acids is 1. The molecule has 1 aliphatic rings. The minimum Gasteiger partial charge on any atom is -0.481 e. The largest absolute Gasteiger partial charge is 0.481 e. The summed E-state index contributed by atoms with van der Waals surface area (Å²) in [5.41, 5.74) is -0.220. The van der Waals surface area contributed by atoms with Gasteiger partial charge < -0.3 is 20.6 Å². The zero-order valence-corrected chi connectivity index (χ0v) is 12.6. The van der Waals surface area contributed by atoms with Crippen molar-refractivity contribution in [2.24, 2.45) is 5.41 Å². The molecule has 1 rings (SSSR count). The number of amides is 2. The first kappa shape index (κ1) is 16.8. The van der Waals surface area contributed by atoms with E-state index in [-0.39, 0.29) is 17.9 Å². The van der Waals surface area contributed by atoms with Crippen LogP contribution >= 0.6 is 0 Å². The fourth-order valence-electron chi connectivity index (χ4n) is 2.61. The Morgan fingerprint density at radius 1 is 1.20 bits per heavy atom. The second-order valence-electron chi connectivity index (χ2n) is 5.56. The van der Waals surface area contributed by atoms with Crippen molar-refractivity contribution < 1.29 is 14.7 Å². The van der Waals surface area contributed by atoms with Crippen LogP contribution in [0.1, 0.15) is 39.5 Å². The van der Waals surface area contributed by atoms with Crippen LogP contribution < -0.4 is 10.6 Å². The van der Waals surface area contributed by atoms with Crippen molar-refractivity contribution >= 4 is 12.0 Å². The Hall–Kier alpha value is -1.30. The van der Waals surface area contributed by atoms with Crippen LogP contribution in [0.3, 0.4) is 0 Å². The molecule has 3 N–H and O–H groups in total. The standard InChI is InChI=1S/C14H27N3O3/c1-3-17(4-2)9-8-15-13(20)16-11-14(6-5-7-14)10-12(18)19/h3-11H2,1-2H3,(H,18,19)(H2,15,16,20). The van der Waals surface area contributed by atoms with Gasteiger partial charge in [-0.2, -0.15) is 0 Å². The fourth-order valence-corrected chi connectivity index (χ4v) is 2.61. The minimum atomic E-state index is -0.784. The van der Waals surface area contributed by atoms with Crippen LogP contribution in [0.15, 0.2) is 0 Å². The van der Waals surface area contributed by atoms with Gasteiger partial charge in [-0.3, -0.25) is 4.79 Å². The molecule has 0 unspecified atom stereocenters. The lowest BCUT2D eigenvalue weighted by Crippen LogP contribution is -2.47. The van der Waals surface area contributed by atoms with E-state index in [1.54, 1.807) is 0 Å². The SMILES string of the molecule is CCN(CC)CCNC(=O)NCC1(CC(=O)O)CCC1. The molecule has 116 valence electrons. The molecule has 0 atom stereocenters. The number of rotatable bonds is 9. The molecule has 1 aliphatic carbocycles. The van der Waals surface area contributed by atoms with Crippen molar-refractivity contribution in [2.75, 3.05) is 32.7 Å². The Bertz CT molecular complexity index is 326. The van der Waals surface area contributed by atoms with E-state index in [0.29, 0.717) is 13.1 Å². The van der Waals surface area contributed by atoms with E-state index >= 15 is 0 Å². The molecule has 0 aromatic heterocycles. The third-order valence-corrected chi connectivity index (χ3v) is 4.17. The Morgan fingerprint density at radius 3 is 2.30 bits per heavy atom. The van der Waals surface area contributed by atoms with Gasteiger partial charge in [-0.25, -0.2) is 4.79 Å². The van der Waals surface area contributed by atoms with Crippen LogP contribution in [0, 0.1) is 5.41 Å². The zero-order chi connectivity index (χ0) is 15.0. The smallest absolute Gasteiger partial charge is 0.314 e. The number of nitrogens with zero attached hydrogens (tertiary/aromatic N) is 1. The van der Waals surface area contributed by atoms with Crippen molar-refractivity contribution in [1.29, 1.82) is 0 Å². The number of urea groups is 1. The highest BCUT2D eigenvalue weighted by atomic mass is 16.4. The average molecular weight is 285 g/mol. The Kier molecular flexibility index (Phi) is 6.78. The number of aliphatic carboxylic acids is 1. The molecule has 0 aliphatic heterocycles. The van der Waals surface area contributed by atoms with Gasteiger partial charge in [-0.15, -0.1) is 0 Å². The molecule has 6 nitrogen and oxygen atoms in total. The summed E-state index contributed by atoms with van der Waals surface area (Å²) in [5, 5.41) is 14.5. The Morgan fingerprint density at radius 2 is 1.85 bits per heavy atom. The molecule has 0 aromatic carbocycles. The van der Waals surface area contributed by atoms with E-state index in [1.165, 1.54) is 0 Å². The summed E-state index contributed by atoms with van der Waals surface area (Å²) in [4.78, 5) is 24.8. The lowest BCUT2D eigenvalue weighted by atomic mass is 9.66. The molecule has 1 fully saturated rings. The van der Waals surface area contributed by atoms with Gasteiger partial charge >= 0.3 is 12.0 Å². The second-order valence-corrected chi connectivity index (χ2v) is 5.56. The van der Waals surface area contributed by atoms with Crippen LogP contribution in [0.4, 0.5) is 4.79 Å². The van der Waals surface area contributed by atoms with Crippen molar-refractivity contribution in [1.82, 2.24) is 15.5 Å². The topological polar surface area (TPSA) is 81.7 Å². The number of nitrogens with one attached hydrogen (secondary N) is 2. The summed E-state index contributed by atoms with van der Waals surface area (Å²) in [6, 6.07) is -0.200. The van der Waals surface area contributed by atoms with Crippen molar-refractivity contribution in [3.63, 3.8) is 0 Å². The zero-order valence-electron chi connectivity index (χ0n) is 12.6. The lowest BCUT2D eigenvalue weighted by Gasteiger charge is -2.40. The first-order valence-electron chi connectivity index (χ1n) is 7.47. The van der Waals surface area contributed by atoms with E-state index in [9.17, 15) is 9.59 Å². The van der Waals surface area contributed by atoms with Gasteiger partial charge in [-0.05, 0) is 31.3 Å². The monoisotopic (exact) mass is 285 g/mol. The van der Waals surface area contributed by atoms with Gasteiger partial charge in [0.15, 0.2) is 0 Å². The third-order valence-electron chi connectivity index (χ3n) is 4.17. The molecule has 0 radical (unpaired) electrons. The molecule has 0 aromatic rings. The highest BCUT2D eigenvalue weighted by Gasteiger charge is 2.39. The van der Waals surface area contributed by atoms with Gasteiger partial charge in [-0.1, -0.05) is 20.3 Å². The number of likely N-dealkylation sites (N-methyl/N-ethyl adjacent to an activating group) is 1. The molecule has 0 saturated heterocycles. The molecule has 6 heteroatoms. The number of carboxylic acid groups (broad SMARTS) is 1. The maximum Gasteiger partial charge on any atom is 0.314 e. The minimum absolute atomic E-state index is 0.146. The molecular formula is C14H27N3O3. The number of carbonyl (C=O) groups is 2. The van der Waals surface area contributed by atoms with Crippen LogP contribution in [0.2, 0.25) is 0 Å². The maximum absolute atomic E-state index is 11.7. The van der Waals surface area contributed by atoms with Crippen molar-refractivity contribution in [3.8, 4) is 0 Å². The van der Waals surface area contributed by atoms with E-state index in [2.05, 4.69) is 29.4 Å². The fraction of sp³-hybridized carbons (Fsp3) is 0.857. The summed E-state index contributed by atoms with van der Waals surface area (Å²) in [6.07, 6.45) is 2.98. The Labute approximate surface area is 120 Å². The van der Waals surface area contributed by atoms with Crippen molar-refractivity contribution in [3.05, 3.63) is 0 Å². The number of hydrogen-bond donors (Lipinski definition) is 3. The first-order valence-corrected chi connectivity index (χ1v) is 7.47. The van der Waals surface area contributed by atoms with Gasteiger partial charge in [0, 0.05) is 19.6 Å². The average Bonchev–Trinajstić information content (AvgIpc) is 2.37. The van der Waals surface area contributed by atoms with Crippen LogP contribution in [-0.2, 0) is 4.79 Å². The molecule has 1 saturated carbocycles. The molecule has 0 bridgehead atoms. The van der Waals surface area contributed by atoms with E-state index in [4.69, 9.17) is 5.11 Å². The van der Waals surface area contributed by atoms with Gasteiger partial charge in [0.25, 0.3) is 0 Å². The van der Waals surface area contributed by atoms with Gasteiger partial charge in [0.05, 0.1) is 6.42 Å². The number of hydrogen-bond acceptors (Lipinski definition) is 3. The predicted octanol–water partition coefficient (Wildman–Crippen LogP) is 1.27. The van der Waals surface area contributed by atoms with Gasteiger partial charge in [0.2, 0.25) is 0 Å². The van der Waals surface area contributed by atoms with Crippen LogP contribution in [-0.4, -0.2) is 54.7 Å². The van der Waals surface area contributed by atoms with Gasteiger partial charge in [0.1, 0.15) is 0 Å². The lowest BCUT2D eigenvalue weighted by molar-refractivity contribution is -0.141. The molecular weight excluding hydrogens is 258 g/mol. The summed E-state index contributed by atoms with van der Waals surface area (Å²) in [5.74, 6) is -0.784. The predicted molar refractivity (Wildman–Crippen MR) is 77.7 cm³/mol. The molecule has 0 heterocycles. The Balaban J connectivity index is 2.20. The quantitative estimate of drug-likeness (QED) is 0.596. The molecule has 20 heavy (non-hydrogen) atoms. The maximum atomic E-state index is 11.7. The van der Waals surface area contributed by atoms with Crippen LogP contribution in [0.25, 0.3) is 0 Å². The first-order chi connectivity index (χ1) is 9.51. The summed E-state index contributed by atoms with van der Waals surface area (Å²) < 4.78 is 0. The van der Waals surface area contributed by atoms with Crippen molar-refractivity contribution in [2.45, 2.75) is 39.5 Å².